The van der Waals surface area contributed by atoms with Crippen LogP contribution in [-0.2, 0) is 14.1 Å². The Morgan fingerprint density at radius 1 is 1.22 bits per heavy atom. The number of terminal acetylenes is 1. The number of hydrogen-bond donors (Lipinski definition) is 2. The molecule has 4 rings (SSSR count). The van der Waals surface area contributed by atoms with Gasteiger partial charge in [0.25, 0.3) is 0 Å². The second kappa shape index (κ2) is 11.1. The molecule has 8 nitrogen and oxygen atoms in total. The maximum Gasteiger partial charge on any atom is 0.322 e. The summed E-state index contributed by atoms with van der Waals surface area (Å²) >= 11 is 0. The van der Waals surface area contributed by atoms with Gasteiger partial charge in [-0.3, -0.25) is 14.3 Å². The Kier molecular flexibility index (Phi) is 7.94. The van der Waals surface area contributed by atoms with Gasteiger partial charge in [-0.2, -0.15) is 0 Å². The first-order valence-corrected chi connectivity index (χ1v) is 12.9. The van der Waals surface area contributed by atoms with E-state index in [1.807, 2.05) is 19.9 Å². The van der Waals surface area contributed by atoms with Gasteiger partial charge in [-0.05, 0) is 52.9 Å². The number of nitrogens with zero attached hydrogens (tertiary/aromatic N) is 1. The summed E-state index contributed by atoms with van der Waals surface area (Å²) in [7, 11) is -3.48. The van der Waals surface area contributed by atoms with Gasteiger partial charge >= 0.3 is 5.97 Å². The van der Waals surface area contributed by atoms with Crippen molar-refractivity contribution in [2.75, 3.05) is 6.79 Å². The number of hydrogen-bond acceptors (Lipinski definition) is 7. The van der Waals surface area contributed by atoms with E-state index < -0.39 is 38.0 Å². The molecule has 1 aliphatic heterocycles. The van der Waals surface area contributed by atoms with Gasteiger partial charge in [-0.25, -0.2) is 4.39 Å². The highest BCUT2D eigenvalue weighted by molar-refractivity contribution is 7.38. The highest BCUT2D eigenvalue weighted by Gasteiger charge is 2.35. The molecule has 3 unspecified atom stereocenters. The first-order valence-electron chi connectivity index (χ1n) is 11.5. The number of para-hydroxylation sites is 1. The van der Waals surface area contributed by atoms with Gasteiger partial charge in [0.2, 0.25) is 6.79 Å². The average Bonchev–Trinajstić information content (AvgIpc) is 3.33. The minimum absolute atomic E-state index is 0.0563. The highest BCUT2D eigenvalue weighted by atomic mass is 31.1. The summed E-state index contributed by atoms with van der Waals surface area (Å²) in [5.41, 5.74) is 1.43. The van der Waals surface area contributed by atoms with Gasteiger partial charge in [0.1, 0.15) is 11.9 Å². The number of halogens is 1. The number of rotatable bonds is 8. The van der Waals surface area contributed by atoms with Crippen molar-refractivity contribution in [1.82, 2.24) is 4.98 Å². The number of carbonyl (C=O) groups excluding carboxylic acids is 1. The molecule has 0 saturated heterocycles. The number of esters is 1. The van der Waals surface area contributed by atoms with Crippen LogP contribution in [0.15, 0.2) is 48.5 Å². The Morgan fingerprint density at radius 2 is 1.95 bits per heavy atom. The predicted octanol–water partition coefficient (Wildman–Crippen LogP) is 4.80. The van der Waals surface area contributed by atoms with Crippen molar-refractivity contribution < 1.29 is 38.0 Å². The molecule has 0 spiro atoms. The molecule has 0 aliphatic carbocycles. The zero-order chi connectivity index (χ0) is 26.7. The van der Waals surface area contributed by atoms with Crippen molar-refractivity contribution in [3.8, 4) is 46.4 Å². The number of pyridine rings is 1. The Bertz CT molecular complexity index is 1380. The van der Waals surface area contributed by atoms with E-state index in [1.165, 1.54) is 24.3 Å². The smallest absolute Gasteiger partial charge is 0.322 e. The largest absolute Gasteiger partial charge is 0.454 e. The normalized spacial score (nSPS) is 14.6. The number of ether oxygens (including phenoxy) is 3. The summed E-state index contributed by atoms with van der Waals surface area (Å²) in [4.78, 5) is 27.2. The molecule has 0 amide bonds. The lowest BCUT2D eigenvalue weighted by atomic mass is 9.88. The molecular formula is C27H25FNO7P. The molecule has 0 saturated carbocycles. The van der Waals surface area contributed by atoms with Gasteiger partial charge < -0.3 is 24.2 Å². The van der Waals surface area contributed by atoms with E-state index in [2.05, 4.69) is 4.74 Å². The molecule has 0 bridgehead atoms. The number of fused-ring (bicyclic) bond motifs is 1. The van der Waals surface area contributed by atoms with Crippen molar-refractivity contribution in [2.24, 2.45) is 0 Å². The van der Waals surface area contributed by atoms with Gasteiger partial charge in [0.15, 0.2) is 19.5 Å². The molecule has 0 fully saturated rings. The summed E-state index contributed by atoms with van der Waals surface area (Å²) < 4.78 is 42.1. The highest BCUT2D eigenvalue weighted by Crippen LogP contribution is 2.49. The van der Waals surface area contributed by atoms with Gasteiger partial charge in [-0.1, -0.05) is 38.5 Å². The van der Waals surface area contributed by atoms with Crippen LogP contribution >= 0.6 is 8.03 Å². The number of benzene rings is 2. The van der Waals surface area contributed by atoms with Crippen molar-refractivity contribution >= 4 is 14.0 Å². The summed E-state index contributed by atoms with van der Waals surface area (Å²) in [5, 5.41) is 10.9. The minimum atomic E-state index is -3.48. The molecule has 2 N–H and O–H groups in total. The number of aliphatic hydroxyl groups excluding tert-OH is 1. The average molecular weight is 525 g/mol. The van der Waals surface area contributed by atoms with E-state index in [4.69, 9.17) is 20.9 Å². The van der Waals surface area contributed by atoms with Crippen LogP contribution < -0.4 is 9.47 Å². The summed E-state index contributed by atoms with van der Waals surface area (Å²) in [6, 6.07) is 12.7. The van der Waals surface area contributed by atoms with Crippen molar-refractivity contribution in [3.05, 3.63) is 65.6 Å². The monoisotopic (exact) mass is 525 g/mol. The van der Waals surface area contributed by atoms with Crippen molar-refractivity contribution in [2.45, 2.75) is 37.9 Å². The number of carbonyl (C=O) groups is 1. The Balaban J connectivity index is 1.98. The van der Waals surface area contributed by atoms with Gasteiger partial charge in [0, 0.05) is 11.3 Å². The van der Waals surface area contributed by atoms with E-state index in [1.54, 1.807) is 24.3 Å². The molecule has 3 aromatic rings. The van der Waals surface area contributed by atoms with E-state index in [0.29, 0.717) is 39.6 Å². The van der Waals surface area contributed by atoms with Crippen LogP contribution in [0, 0.1) is 18.3 Å². The maximum atomic E-state index is 13.8. The topological polar surface area (TPSA) is 115 Å². The second-order valence-corrected chi connectivity index (χ2v) is 10.0. The van der Waals surface area contributed by atoms with E-state index >= 15 is 0 Å². The Morgan fingerprint density at radius 3 is 2.59 bits per heavy atom. The quantitative estimate of drug-likeness (QED) is 0.245. The number of aromatic nitrogens is 1. The van der Waals surface area contributed by atoms with Crippen LogP contribution in [0.3, 0.4) is 0 Å². The fourth-order valence-corrected chi connectivity index (χ4v) is 5.35. The zero-order valence-corrected chi connectivity index (χ0v) is 21.1. The lowest BCUT2D eigenvalue weighted by Gasteiger charge is -2.27. The van der Waals surface area contributed by atoms with Crippen molar-refractivity contribution in [3.63, 3.8) is 0 Å². The van der Waals surface area contributed by atoms with Gasteiger partial charge in [0.05, 0.1) is 23.9 Å². The third-order valence-corrected chi connectivity index (χ3v) is 7.18. The minimum Gasteiger partial charge on any atom is -0.454 e. The maximum absolute atomic E-state index is 13.8. The second-order valence-electron chi connectivity index (χ2n) is 8.73. The Labute approximate surface area is 213 Å². The molecule has 2 aromatic carbocycles. The molecule has 0 radical (unpaired) electrons. The first kappa shape index (κ1) is 26.4. The van der Waals surface area contributed by atoms with Crippen LogP contribution in [0.5, 0.6) is 11.5 Å². The molecule has 192 valence electrons. The first-order chi connectivity index (χ1) is 17.7. The van der Waals surface area contributed by atoms with Crippen LogP contribution in [-0.4, -0.2) is 33.9 Å². The van der Waals surface area contributed by atoms with Gasteiger partial charge in [-0.15, -0.1) is 0 Å². The predicted molar refractivity (Wildman–Crippen MR) is 135 cm³/mol. The van der Waals surface area contributed by atoms with Crippen LogP contribution in [0.4, 0.5) is 4.39 Å². The van der Waals surface area contributed by atoms with E-state index in [-0.39, 0.29) is 18.3 Å². The summed E-state index contributed by atoms with van der Waals surface area (Å²) in [6.45, 7) is 3.76. The van der Waals surface area contributed by atoms with Crippen LogP contribution in [0.1, 0.15) is 43.1 Å². The van der Waals surface area contributed by atoms with Crippen LogP contribution in [0.2, 0.25) is 0 Å². The summed E-state index contributed by atoms with van der Waals surface area (Å²) in [5.74, 6) is -0.583. The molecule has 1 aliphatic rings. The zero-order valence-electron chi connectivity index (χ0n) is 20.1. The van der Waals surface area contributed by atoms with E-state index in [9.17, 15) is 23.7 Å². The Hall–Kier alpha value is -3.70. The molecule has 3 atom stereocenters. The molecule has 37 heavy (non-hydrogen) atoms. The lowest BCUT2D eigenvalue weighted by Crippen LogP contribution is -2.23. The SMILES string of the molecule is C#COC(=O)CC(O)C(c1c(-c2ccc(F)cc2)cc(-c2cccc3c2OCO3)nc1C(C)C)[PH](=O)O. The van der Waals surface area contributed by atoms with Crippen LogP contribution in [0.25, 0.3) is 22.4 Å². The molecule has 2 heterocycles. The fraction of sp³-hybridized carbons (Fsp3) is 0.259. The molecule has 1 aromatic heterocycles. The molecular weight excluding hydrogens is 500 g/mol. The third-order valence-electron chi connectivity index (χ3n) is 5.97. The lowest BCUT2D eigenvalue weighted by molar-refractivity contribution is -0.139. The fourth-order valence-electron chi connectivity index (χ4n) is 4.36. The molecule has 10 heteroatoms. The van der Waals surface area contributed by atoms with Crippen molar-refractivity contribution in [1.29, 1.82) is 0 Å². The summed E-state index contributed by atoms with van der Waals surface area (Å²) in [6.07, 6.45) is 4.53. The standard InChI is InChI=1S/C27H25FNO7P/c1-4-34-23(31)13-21(30)27(37(32)33)24-19(16-8-10-17(28)11-9-16)12-20(29-25(24)15(2)3)18-6-5-7-22-26(18)36-14-35-22/h1,5-12,15,21,27,30,37H,13-14H2,2-3H3,(H,32,33). The van der Waals surface area contributed by atoms with E-state index in [0.717, 1.165) is 0 Å². The third kappa shape index (κ3) is 5.52. The number of aliphatic hydroxyl groups is 1.